The summed E-state index contributed by atoms with van der Waals surface area (Å²) in [6, 6.07) is 23.0. The minimum atomic E-state index is -0.512. The van der Waals surface area contributed by atoms with Gasteiger partial charge in [0.25, 0.3) is 0 Å². The molecule has 4 aromatic rings. The summed E-state index contributed by atoms with van der Waals surface area (Å²) < 4.78 is 28.4. The van der Waals surface area contributed by atoms with Crippen LogP contribution in [-0.4, -0.2) is 14.8 Å². The van der Waals surface area contributed by atoms with Crippen LogP contribution in [0.4, 0.5) is 4.39 Å². The molecule has 5 nitrogen and oxygen atoms in total. The summed E-state index contributed by atoms with van der Waals surface area (Å²) >= 11 is 1.52. The van der Waals surface area contributed by atoms with Crippen molar-refractivity contribution in [1.82, 2.24) is 14.8 Å². The molecular weight excluding hydrogens is 425 g/mol. The minimum Gasteiger partial charge on any atom is -0.460 e. The van der Waals surface area contributed by atoms with Gasteiger partial charge in [-0.2, -0.15) is 0 Å². The van der Waals surface area contributed by atoms with E-state index in [0.29, 0.717) is 24.7 Å². The van der Waals surface area contributed by atoms with Crippen LogP contribution in [0.15, 0.2) is 78.0 Å². The summed E-state index contributed by atoms with van der Waals surface area (Å²) in [5.74, 6) is 1.73. The second-order valence-corrected chi connectivity index (χ2v) is 8.56. The predicted octanol–water partition coefficient (Wildman–Crippen LogP) is 5.67. The molecular formula is C25H22FN3O2S. The topological polar surface area (TPSA) is 49.2 Å². The molecule has 1 aromatic heterocycles. The number of fused-ring (bicyclic) bond motifs is 1. The molecule has 2 heterocycles. The van der Waals surface area contributed by atoms with E-state index in [0.717, 1.165) is 27.7 Å². The fourth-order valence-electron chi connectivity index (χ4n) is 3.72. The van der Waals surface area contributed by atoms with Gasteiger partial charge in [-0.05, 0) is 24.6 Å². The lowest BCUT2D eigenvalue weighted by Crippen LogP contribution is -2.19. The highest BCUT2D eigenvalue weighted by molar-refractivity contribution is 7.98. The maximum absolute atomic E-state index is 14.3. The van der Waals surface area contributed by atoms with E-state index >= 15 is 0 Å². The monoisotopic (exact) mass is 447 g/mol. The molecule has 0 fully saturated rings. The number of nitrogens with zero attached hydrogens (tertiary/aromatic N) is 3. The van der Waals surface area contributed by atoms with Crippen LogP contribution in [0.25, 0.3) is 0 Å². The second-order valence-electron chi connectivity index (χ2n) is 7.61. The average molecular weight is 448 g/mol. The SMILES string of the molecule is Cc1nnc(SCc2cc(F)cc3c2OC(c2ccccc2)OC3)n1Cc1ccccc1. The molecule has 0 spiro atoms. The van der Waals surface area contributed by atoms with E-state index < -0.39 is 6.29 Å². The van der Waals surface area contributed by atoms with Crippen LogP contribution in [-0.2, 0) is 23.6 Å². The Bertz CT molecular complexity index is 1210. The van der Waals surface area contributed by atoms with Crippen molar-refractivity contribution in [2.24, 2.45) is 0 Å². The fourth-order valence-corrected chi connectivity index (χ4v) is 4.67. The molecule has 0 aliphatic carbocycles. The Hall–Kier alpha value is -3.16. The van der Waals surface area contributed by atoms with Crippen molar-refractivity contribution in [3.05, 3.63) is 107 Å². The average Bonchev–Trinajstić information content (AvgIpc) is 3.17. The molecule has 0 saturated carbocycles. The third-order valence-electron chi connectivity index (χ3n) is 5.34. The smallest absolute Gasteiger partial charge is 0.227 e. The largest absolute Gasteiger partial charge is 0.460 e. The van der Waals surface area contributed by atoms with E-state index in [2.05, 4.69) is 26.9 Å². The van der Waals surface area contributed by atoms with E-state index in [1.807, 2.05) is 55.5 Å². The van der Waals surface area contributed by atoms with Crippen molar-refractivity contribution in [2.45, 2.75) is 37.3 Å². The van der Waals surface area contributed by atoms with Gasteiger partial charge in [0.15, 0.2) is 5.16 Å². The molecule has 1 atom stereocenters. The van der Waals surface area contributed by atoms with Gasteiger partial charge in [-0.25, -0.2) is 4.39 Å². The standard InChI is InChI=1S/C25H22FN3O2S/c1-17-27-28-25(29(17)14-18-8-4-2-5-9-18)32-16-21-13-22(26)12-20-15-30-24(31-23(20)21)19-10-6-3-7-11-19/h2-13,24H,14-16H2,1H3. The molecule has 1 unspecified atom stereocenters. The van der Waals surface area contributed by atoms with E-state index in [-0.39, 0.29) is 5.82 Å². The summed E-state index contributed by atoms with van der Waals surface area (Å²) in [5.41, 5.74) is 3.60. The summed E-state index contributed by atoms with van der Waals surface area (Å²) in [6.45, 7) is 2.92. The molecule has 0 saturated heterocycles. The number of halogens is 1. The molecule has 32 heavy (non-hydrogen) atoms. The molecule has 162 valence electrons. The molecule has 3 aromatic carbocycles. The molecule has 1 aliphatic rings. The first kappa shape index (κ1) is 20.7. The molecule has 0 bridgehead atoms. The predicted molar refractivity (Wildman–Crippen MR) is 121 cm³/mol. The number of ether oxygens (including phenoxy) is 2. The maximum Gasteiger partial charge on any atom is 0.227 e. The first-order valence-electron chi connectivity index (χ1n) is 10.4. The number of thioether (sulfide) groups is 1. The number of hydrogen-bond acceptors (Lipinski definition) is 5. The third-order valence-corrected chi connectivity index (χ3v) is 6.35. The van der Waals surface area contributed by atoms with Crippen molar-refractivity contribution in [1.29, 1.82) is 0 Å². The van der Waals surface area contributed by atoms with Gasteiger partial charge in [-0.1, -0.05) is 72.4 Å². The fraction of sp³-hybridized carbons (Fsp3) is 0.200. The second kappa shape index (κ2) is 9.14. The van der Waals surface area contributed by atoms with Gasteiger partial charge >= 0.3 is 0 Å². The van der Waals surface area contributed by atoms with Crippen molar-refractivity contribution in [2.75, 3.05) is 0 Å². The highest BCUT2D eigenvalue weighted by Crippen LogP contribution is 2.38. The Morgan fingerprint density at radius 2 is 1.78 bits per heavy atom. The van der Waals surface area contributed by atoms with Gasteiger partial charge in [-0.15, -0.1) is 10.2 Å². The van der Waals surface area contributed by atoms with E-state index in [1.54, 1.807) is 0 Å². The zero-order chi connectivity index (χ0) is 21.9. The first-order valence-corrected chi connectivity index (χ1v) is 11.4. The Labute approximate surface area is 190 Å². The van der Waals surface area contributed by atoms with Gasteiger partial charge in [0.1, 0.15) is 17.4 Å². The van der Waals surface area contributed by atoms with Gasteiger partial charge in [0, 0.05) is 22.4 Å². The summed E-state index contributed by atoms with van der Waals surface area (Å²) in [7, 11) is 0. The quantitative estimate of drug-likeness (QED) is 0.356. The zero-order valence-electron chi connectivity index (χ0n) is 17.6. The highest BCUT2D eigenvalue weighted by Gasteiger charge is 2.25. The van der Waals surface area contributed by atoms with Gasteiger partial charge in [-0.3, -0.25) is 0 Å². The maximum atomic E-state index is 14.3. The van der Waals surface area contributed by atoms with Crippen molar-refractivity contribution < 1.29 is 13.9 Å². The molecule has 0 radical (unpaired) electrons. The molecule has 0 N–H and O–H groups in total. The van der Waals surface area contributed by atoms with Crippen LogP contribution in [0.3, 0.4) is 0 Å². The van der Waals surface area contributed by atoms with Crippen LogP contribution in [0.2, 0.25) is 0 Å². The number of benzene rings is 3. The van der Waals surface area contributed by atoms with Crippen LogP contribution in [0.1, 0.15) is 34.4 Å². The van der Waals surface area contributed by atoms with E-state index in [4.69, 9.17) is 9.47 Å². The first-order chi connectivity index (χ1) is 15.7. The van der Waals surface area contributed by atoms with E-state index in [9.17, 15) is 4.39 Å². The summed E-state index contributed by atoms with van der Waals surface area (Å²) in [5, 5.41) is 9.38. The normalized spacial score (nSPS) is 15.2. The highest BCUT2D eigenvalue weighted by atomic mass is 32.2. The van der Waals surface area contributed by atoms with Crippen LogP contribution < -0.4 is 4.74 Å². The Morgan fingerprint density at radius 3 is 2.56 bits per heavy atom. The van der Waals surface area contributed by atoms with Crippen molar-refractivity contribution in [3.8, 4) is 5.75 Å². The lowest BCUT2D eigenvalue weighted by Gasteiger charge is -2.28. The van der Waals surface area contributed by atoms with Crippen molar-refractivity contribution >= 4 is 11.8 Å². The Morgan fingerprint density at radius 1 is 1.03 bits per heavy atom. The zero-order valence-corrected chi connectivity index (χ0v) is 18.4. The van der Waals surface area contributed by atoms with Crippen LogP contribution in [0.5, 0.6) is 5.75 Å². The van der Waals surface area contributed by atoms with Crippen LogP contribution >= 0.6 is 11.8 Å². The lowest BCUT2D eigenvalue weighted by molar-refractivity contribution is -0.112. The molecule has 0 amide bonds. The molecule has 7 heteroatoms. The summed E-state index contributed by atoms with van der Waals surface area (Å²) in [4.78, 5) is 0. The van der Waals surface area contributed by atoms with Gasteiger partial charge in [0.2, 0.25) is 6.29 Å². The molecule has 5 rings (SSSR count). The van der Waals surface area contributed by atoms with Crippen LogP contribution in [0, 0.1) is 12.7 Å². The number of hydrogen-bond donors (Lipinski definition) is 0. The summed E-state index contributed by atoms with van der Waals surface area (Å²) in [6.07, 6.45) is -0.512. The Kier molecular flexibility index (Phi) is 5.92. The third kappa shape index (κ3) is 4.40. The lowest BCUT2D eigenvalue weighted by atomic mass is 10.1. The number of rotatable bonds is 6. The Balaban J connectivity index is 1.38. The molecule has 1 aliphatic heterocycles. The number of aromatic nitrogens is 3. The van der Waals surface area contributed by atoms with E-state index in [1.165, 1.54) is 29.5 Å². The minimum absolute atomic E-state index is 0.299. The number of aryl methyl sites for hydroxylation is 1. The van der Waals surface area contributed by atoms with Gasteiger partial charge < -0.3 is 14.0 Å². The van der Waals surface area contributed by atoms with Crippen molar-refractivity contribution in [3.63, 3.8) is 0 Å². The van der Waals surface area contributed by atoms with Gasteiger partial charge in [0.05, 0.1) is 13.2 Å².